The number of methoxy groups -OCH3 is 1. The highest BCUT2D eigenvalue weighted by atomic mass is 32.2. The van der Waals surface area contributed by atoms with Crippen molar-refractivity contribution in [2.45, 2.75) is 37.5 Å². The number of fused-ring (bicyclic) bond motifs is 2. The standard InChI is InChI=1S/C19H24N2O3S/c1-21-8-7-14-13-4-6-17(24-25-11-20)19(14)23-18-10-12(9-15(13)21)3-5-16(18)22-2/h3-6,12-15,17,19H,7-10H2,1-2H3/t12?,13-,14+,15-,17+,19-/m1/s1. The first-order valence-corrected chi connectivity index (χ1v) is 9.67. The lowest BCUT2D eigenvalue weighted by molar-refractivity contribution is -0.0549. The second-order valence-corrected chi connectivity index (χ2v) is 7.87. The van der Waals surface area contributed by atoms with E-state index in [2.05, 4.69) is 36.3 Å². The van der Waals surface area contributed by atoms with Gasteiger partial charge in [0.25, 0.3) is 0 Å². The van der Waals surface area contributed by atoms with Crippen LogP contribution in [0, 0.1) is 28.4 Å². The third kappa shape index (κ3) is 3.10. The highest BCUT2D eigenvalue weighted by molar-refractivity contribution is 7.99. The number of allylic oxidation sites excluding steroid dienone is 3. The maximum Gasteiger partial charge on any atom is 0.163 e. The van der Waals surface area contributed by atoms with Crippen molar-refractivity contribution in [3.63, 3.8) is 0 Å². The average molecular weight is 360 g/mol. The summed E-state index contributed by atoms with van der Waals surface area (Å²) < 4.78 is 17.8. The predicted molar refractivity (Wildman–Crippen MR) is 96.0 cm³/mol. The molecule has 5 nitrogen and oxygen atoms in total. The molecule has 0 amide bonds. The summed E-state index contributed by atoms with van der Waals surface area (Å²) >= 11 is 0.841. The second-order valence-electron chi connectivity index (χ2n) is 7.33. The first-order chi connectivity index (χ1) is 12.2. The van der Waals surface area contributed by atoms with Crippen LogP contribution in [0.3, 0.4) is 0 Å². The Bertz CT molecular complexity index is 654. The molecule has 4 aliphatic rings. The minimum atomic E-state index is -0.206. The fraction of sp³-hybridized carbons (Fsp3) is 0.632. The first kappa shape index (κ1) is 17.0. The Balaban J connectivity index is 1.73. The molecule has 1 unspecified atom stereocenters. The van der Waals surface area contributed by atoms with Crippen LogP contribution in [0.4, 0.5) is 0 Å². The summed E-state index contributed by atoms with van der Waals surface area (Å²) in [6.45, 7) is 1.07. The van der Waals surface area contributed by atoms with Crippen molar-refractivity contribution >= 4 is 12.0 Å². The number of piperidine rings is 1. The summed E-state index contributed by atoms with van der Waals surface area (Å²) in [5.41, 5.74) is 0. The first-order valence-electron chi connectivity index (χ1n) is 8.93. The molecule has 2 heterocycles. The normalized spacial score (nSPS) is 39.7. The molecule has 0 saturated carbocycles. The summed E-state index contributed by atoms with van der Waals surface area (Å²) in [5.74, 6) is 3.09. The van der Waals surface area contributed by atoms with E-state index in [4.69, 9.17) is 18.9 Å². The van der Waals surface area contributed by atoms with E-state index in [1.165, 1.54) is 0 Å². The fourth-order valence-corrected chi connectivity index (χ4v) is 5.17. The van der Waals surface area contributed by atoms with Gasteiger partial charge in [-0.05, 0) is 44.3 Å². The molecule has 2 aliphatic carbocycles. The number of thiocyanates is 1. The van der Waals surface area contributed by atoms with Gasteiger partial charge in [0.15, 0.2) is 11.2 Å². The molecule has 0 radical (unpaired) electrons. The fourth-order valence-electron chi connectivity index (χ4n) is 4.84. The summed E-state index contributed by atoms with van der Waals surface area (Å²) in [4.78, 5) is 2.50. The zero-order valence-electron chi connectivity index (χ0n) is 14.6. The number of hydrogen-bond donors (Lipinski definition) is 0. The van der Waals surface area contributed by atoms with E-state index >= 15 is 0 Å². The number of rotatable bonds is 3. The molecule has 0 aromatic carbocycles. The van der Waals surface area contributed by atoms with Crippen LogP contribution in [0.15, 0.2) is 35.8 Å². The van der Waals surface area contributed by atoms with Gasteiger partial charge in [-0.3, -0.25) is 4.18 Å². The third-order valence-electron chi connectivity index (χ3n) is 6.07. The molecule has 0 aromatic heterocycles. The average Bonchev–Trinajstić information content (AvgIpc) is 2.64. The van der Waals surface area contributed by atoms with Crippen LogP contribution in [-0.4, -0.2) is 43.9 Å². The maximum absolute atomic E-state index is 8.88. The third-order valence-corrected chi connectivity index (χ3v) is 6.46. The van der Waals surface area contributed by atoms with Crippen molar-refractivity contribution < 1.29 is 13.7 Å². The SMILES string of the molecule is COC1=C2CC(C=C1)C[C@@H]1[C@@H]3C=C[C@H](OSC#N)[C@H](O2)[C@H]3CCN1C. The number of nitrogens with zero attached hydrogens (tertiary/aromatic N) is 2. The molecular formula is C19H24N2O3S. The van der Waals surface area contributed by atoms with Gasteiger partial charge >= 0.3 is 0 Å². The highest BCUT2D eigenvalue weighted by Crippen LogP contribution is 2.45. The second kappa shape index (κ2) is 7.06. The number of nitriles is 1. The Kier molecular flexibility index (Phi) is 4.81. The van der Waals surface area contributed by atoms with E-state index in [1.54, 1.807) is 7.11 Å². The predicted octanol–water partition coefficient (Wildman–Crippen LogP) is 3.23. The zero-order chi connectivity index (χ0) is 17.4. The maximum atomic E-state index is 8.88. The minimum Gasteiger partial charge on any atom is -0.493 e. The van der Waals surface area contributed by atoms with Gasteiger partial charge in [-0.15, -0.1) is 0 Å². The van der Waals surface area contributed by atoms with Crippen LogP contribution >= 0.6 is 12.0 Å². The van der Waals surface area contributed by atoms with Crippen molar-refractivity contribution in [2.75, 3.05) is 20.7 Å². The summed E-state index contributed by atoms with van der Waals surface area (Å²) in [6, 6.07) is 0.517. The van der Waals surface area contributed by atoms with Gasteiger partial charge in [0.05, 0.1) is 7.11 Å². The lowest BCUT2D eigenvalue weighted by Gasteiger charge is -2.48. The van der Waals surface area contributed by atoms with E-state index < -0.39 is 0 Å². The number of ether oxygens (including phenoxy) is 2. The van der Waals surface area contributed by atoms with E-state index in [9.17, 15) is 0 Å². The highest BCUT2D eigenvalue weighted by Gasteiger charge is 2.47. The Morgan fingerprint density at radius 2 is 2.24 bits per heavy atom. The molecule has 6 heteroatoms. The molecule has 0 aromatic rings. The van der Waals surface area contributed by atoms with E-state index in [-0.39, 0.29) is 12.2 Å². The van der Waals surface area contributed by atoms with Crippen molar-refractivity contribution in [2.24, 2.45) is 17.8 Å². The van der Waals surface area contributed by atoms with Crippen molar-refractivity contribution in [1.82, 2.24) is 4.90 Å². The van der Waals surface area contributed by atoms with Crippen molar-refractivity contribution in [3.05, 3.63) is 35.8 Å². The van der Waals surface area contributed by atoms with E-state index in [0.717, 1.165) is 49.4 Å². The van der Waals surface area contributed by atoms with Gasteiger partial charge in [-0.1, -0.05) is 18.2 Å². The van der Waals surface area contributed by atoms with Gasteiger partial charge < -0.3 is 14.4 Å². The molecule has 2 saturated heterocycles. The summed E-state index contributed by atoms with van der Waals surface area (Å²) in [6.07, 6.45) is 11.5. The molecule has 25 heavy (non-hydrogen) atoms. The van der Waals surface area contributed by atoms with Crippen molar-refractivity contribution in [1.29, 1.82) is 5.26 Å². The monoisotopic (exact) mass is 360 g/mol. The van der Waals surface area contributed by atoms with Crippen LogP contribution in [-0.2, 0) is 13.7 Å². The Hall–Kier alpha value is -1.42. The lowest BCUT2D eigenvalue weighted by atomic mass is 9.70. The van der Waals surface area contributed by atoms with Gasteiger partial charge in [-0.2, -0.15) is 5.26 Å². The van der Waals surface area contributed by atoms with Gasteiger partial charge in [-0.25, -0.2) is 0 Å². The van der Waals surface area contributed by atoms with E-state index in [1.807, 2.05) is 5.40 Å². The molecule has 2 fully saturated rings. The molecule has 6 atom stereocenters. The summed E-state index contributed by atoms with van der Waals surface area (Å²) in [7, 11) is 3.93. The summed E-state index contributed by atoms with van der Waals surface area (Å²) in [5, 5.41) is 10.9. The van der Waals surface area contributed by atoms with Crippen LogP contribution in [0.5, 0.6) is 0 Å². The van der Waals surface area contributed by atoms with E-state index in [0.29, 0.717) is 23.8 Å². The molecule has 4 rings (SSSR count). The lowest BCUT2D eigenvalue weighted by Crippen LogP contribution is -2.53. The molecule has 6 bridgehead atoms. The Labute approximate surface area is 153 Å². The molecule has 2 aliphatic heterocycles. The van der Waals surface area contributed by atoms with Gasteiger partial charge in [0.2, 0.25) is 0 Å². The van der Waals surface area contributed by atoms with Crippen LogP contribution < -0.4 is 0 Å². The molecular weight excluding hydrogens is 336 g/mol. The number of likely N-dealkylation sites (tertiary alicyclic amines) is 1. The van der Waals surface area contributed by atoms with Crippen molar-refractivity contribution in [3.8, 4) is 5.40 Å². The largest absolute Gasteiger partial charge is 0.493 e. The number of hydrogen-bond acceptors (Lipinski definition) is 6. The Morgan fingerprint density at radius 3 is 3.04 bits per heavy atom. The molecule has 134 valence electrons. The molecule has 0 spiro atoms. The van der Waals surface area contributed by atoms with Crippen LogP contribution in [0.1, 0.15) is 19.3 Å². The van der Waals surface area contributed by atoms with Gasteiger partial charge in [0.1, 0.15) is 30.0 Å². The smallest absolute Gasteiger partial charge is 0.163 e. The quantitative estimate of drug-likeness (QED) is 0.438. The van der Waals surface area contributed by atoms with Gasteiger partial charge in [0, 0.05) is 18.4 Å². The molecule has 0 N–H and O–H groups in total. The van der Waals surface area contributed by atoms with Crippen LogP contribution in [0.25, 0.3) is 0 Å². The topological polar surface area (TPSA) is 54.7 Å². The Morgan fingerprint density at radius 1 is 1.36 bits per heavy atom. The minimum absolute atomic E-state index is 0.0718. The zero-order valence-corrected chi connectivity index (χ0v) is 15.4. The van der Waals surface area contributed by atoms with Crippen LogP contribution in [0.2, 0.25) is 0 Å².